The SMILES string of the molecule is CCOc1cc2c(cc1OC)-c1cc(=Nc3c(C)cc(C)cc3C)n(CCNC(=O)/C(NN)=C(/N)C(N)=O)c(=O)n1CC2. The largest absolute Gasteiger partial charge is 0.493 e. The quantitative estimate of drug-likeness (QED) is 0.129. The summed E-state index contributed by atoms with van der Waals surface area (Å²) in [6.07, 6.45) is 0.610. The van der Waals surface area contributed by atoms with Crippen LogP contribution in [-0.4, -0.2) is 41.2 Å². The zero-order valence-electron chi connectivity index (χ0n) is 25.0. The van der Waals surface area contributed by atoms with Gasteiger partial charge in [0.1, 0.15) is 16.9 Å². The van der Waals surface area contributed by atoms with Crippen LogP contribution in [0.4, 0.5) is 5.69 Å². The van der Waals surface area contributed by atoms with Gasteiger partial charge in [0, 0.05) is 31.3 Å². The van der Waals surface area contributed by atoms with Gasteiger partial charge in [-0.25, -0.2) is 9.79 Å². The molecule has 4 rings (SSSR count). The van der Waals surface area contributed by atoms with Gasteiger partial charge in [0.2, 0.25) is 0 Å². The van der Waals surface area contributed by atoms with Gasteiger partial charge >= 0.3 is 5.69 Å². The van der Waals surface area contributed by atoms with E-state index in [1.54, 1.807) is 11.7 Å². The zero-order valence-corrected chi connectivity index (χ0v) is 25.0. The Bertz CT molecular complexity index is 1730. The van der Waals surface area contributed by atoms with Crippen molar-refractivity contribution in [1.82, 2.24) is 19.9 Å². The molecule has 3 aromatic rings. The number of primary amides is 1. The van der Waals surface area contributed by atoms with Crippen LogP contribution in [-0.2, 0) is 29.1 Å². The van der Waals surface area contributed by atoms with Crippen LogP contribution in [0.2, 0.25) is 0 Å². The van der Waals surface area contributed by atoms with Gasteiger partial charge in [0.05, 0.1) is 25.1 Å². The van der Waals surface area contributed by atoms with E-state index in [2.05, 4.69) is 10.7 Å². The molecule has 0 saturated carbocycles. The first kappa shape index (κ1) is 30.9. The van der Waals surface area contributed by atoms with Crippen molar-refractivity contribution in [2.24, 2.45) is 22.3 Å². The van der Waals surface area contributed by atoms with Crippen LogP contribution >= 0.6 is 0 Å². The number of amides is 2. The second-order valence-corrected chi connectivity index (χ2v) is 10.2. The van der Waals surface area contributed by atoms with E-state index in [0.29, 0.717) is 42.3 Å². The van der Waals surface area contributed by atoms with E-state index in [-0.39, 0.29) is 24.5 Å². The van der Waals surface area contributed by atoms with Crippen LogP contribution in [0.3, 0.4) is 0 Å². The summed E-state index contributed by atoms with van der Waals surface area (Å²) >= 11 is 0. The second kappa shape index (κ2) is 12.9. The van der Waals surface area contributed by atoms with Crippen molar-refractivity contribution >= 4 is 17.5 Å². The van der Waals surface area contributed by atoms with E-state index in [4.69, 9.17) is 31.8 Å². The highest BCUT2D eigenvalue weighted by Gasteiger charge is 2.23. The number of aromatic nitrogens is 2. The standard InChI is InChI=1S/C30H38N8O5/c1-6-43-23-13-19-7-9-37-21(20(19)14-22(23)42-5)15-24(35-26-17(3)11-16(2)12-18(26)4)38(30(37)41)10-8-34-29(40)27(36-33)25(31)28(32)39/h11-15,36H,6-10,31,33H2,1-5H3,(H2,32,39)(H,34,40)/b27-25-,35-24?. The Labute approximate surface area is 249 Å². The summed E-state index contributed by atoms with van der Waals surface area (Å²) in [6.45, 7) is 8.88. The molecule has 0 atom stereocenters. The molecule has 0 saturated heterocycles. The molecule has 43 heavy (non-hydrogen) atoms. The van der Waals surface area contributed by atoms with Crippen molar-refractivity contribution in [3.8, 4) is 22.8 Å². The molecule has 0 bridgehead atoms. The topological polar surface area (TPSA) is 194 Å². The third-order valence-corrected chi connectivity index (χ3v) is 7.25. The second-order valence-electron chi connectivity index (χ2n) is 10.2. The molecule has 0 spiro atoms. The molecule has 2 heterocycles. The number of carbonyl (C=O) groups is 2. The van der Waals surface area contributed by atoms with Gasteiger partial charge in [-0.1, -0.05) is 17.7 Å². The number of benzene rings is 2. The number of hydrazine groups is 1. The first-order valence-corrected chi connectivity index (χ1v) is 13.9. The van der Waals surface area contributed by atoms with Gasteiger partial charge in [-0.2, -0.15) is 0 Å². The predicted molar refractivity (Wildman–Crippen MR) is 162 cm³/mol. The minimum Gasteiger partial charge on any atom is -0.493 e. The van der Waals surface area contributed by atoms with Crippen LogP contribution in [0, 0.1) is 20.8 Å². The molecular weight excluding hydrogens is 552 g/mol. The van der Waals surface area contributed by atoms with Gasteiger partial charge < -0.3 is 31.7 Å². The monoisotopic (exact) mass is 590 g/mol. The Morgan fingerprint density at radius 2 is 1.74 bits per heavy atom. The fourth-order valence-electron chi connectivity index (χ4n) is 5.30. The highest BCUT2D eigenvalue weighted by Crippen LogP contribution is 2.37. The number of nitrogens with one attached hydrogen (secondary N) is 2. The van der Waals surface area contributed by atoms with Gasteiger partial charge in [0.15, 0.2) is 11.5 Å². The maximum Gasteiger partial charge on any atom is 0.330 e. The highest BCUT2D eigenvalue weighted by atomic mass is 16.5. The summed E-state index contributed by atoms with van der Waals surface area (Å²) in [6, 6.07) is 9.79. The Morgan fingerprint density at radius 3 is 2.35 bits per heavy atom. The van der Waals surface area contributed by atoms with Crippen molar-refractivity contribution in [1.29, 1.82) is 0 Å². The number of ether oxygens (including phenoxy) is 2. The molecule has 0 unspecified atom stereocenters. The third-order valence-electron chi connectivity index (χ3n) is 7.25. The maximum atomic E-state index is 14.0. The molecule has 2 aromatic carbocycles. The van der Waals surface area contributed by atoms with Crippen LogP contribution in [0.5, 0.6) is 11.5 Å². The normalized spacial score (nSPS) is 13.0. The van der Waals surface area contributed by atoms with E-state index >= 15 is 0 Å². The fraction of sp³-hybridized carbons (Fsp3) is 0.333. The van der Waals surface area contributed by atoms with E-state index in [1.165, 1.54) is 4.57 Å². The molecule has 228 valence electrons. The molecule has 1 aromatic heterocycles. The lowest BCUT2D eigenvalue weighted by Crippen LogP contribution is -2.45. The zero-order chi connectivity index (χ0) is 31.4. The lowest BCUT2D eigenvalue weighted by Gasteiger charge is -2.25. The molecule has 2 amide bonds. The van der Waals surface area contributed by atoms with Crippen molar-refractivity contribution in [2.45, 2.75) is 47.2 Å². The number of nitrogens with two attached hydrogens (primary N) is 3. The number of rotatable bonds is 10. The lowest BCUT2D eigenvalue weighted by molar-refractivity contribution is -0.119. The summed E-state index contributed by atoms with van der Waals surface area (Å²) in [5.41, 5.74) is 18.5. The van der Waals surface area contributed by atoms with E-state index < -0.39 is 17.5 Å². The van der Waals surface area contributed by atoms with Crippen LogP contribution in [0.1, 0.15) is 29.2 Å². The molecular formula is C30H38N8O5. The molecule has 0 fully saturated rings. The minimum atomic E-state index is -0.999. The van der Waals surface area contributed by atoms with E-state index in [9.17, 15) is 14.4 Å². The smallest absolute Gasteiger partial charge is 0.330 e. The molecule has 0 aliphatic carbocycles. The van der Waals surface area contributed by atoms with Gasteiger partial charge in [-0.3, -0.25) is 24.6 Å². The van der Waals surface area contributed by atoms with Crippen molar-refractivity contribution in [3.63, 3.8) is 0 Å². The molecule has 1 aliphatic rings. The Hall–Kier alpha value is -5.04. The van der Waals surface area contributed by atoms with Crippen molar-refractivity contribution in [3.05, 3.63) is 80.0 Å². The minimum absolute atomic E-state index is 0.00577. The highest BCUT2D eigenvalue weighted by molar-refractivity contribution is 6.03. The van der Waals surface area contributed by atoms with Gasteiger partial charge in [-0.15, -0.1) is 0 Å². The Kier molecular flexibility index (Phi) is 9.24. The summed E-state index contributed by atoms with van der Waals surface area (Å²) in [5.74, 6) is 4.86. The number of nitrogens with zero attached hydrogens (tertiary/aromatic N) is 3. The first-order chi connectivity index (χ1) is 20.5. The van der Waals surface area contributed by atoms with Gasteiger partial charge in [-0.05, 0) is 62.9 Å². The van der Waals surface area contributed by atoms with Crippen molar-refractivity contribution < 1.29 is 19.1 Å². The molecule has 8 N–H and O–H groups in total. The van der Waals surface area contributed by atoms with Crippen LogP contribution in [0.25, 0.3) is 11.3 Å². The molecule has 0 radical (unpaired) electrons. The number of fused-ring (bicyclic) bond motifs is 3. The van der Waals surface area contributed by atoms with E-state index in [0.717, 1.165) is 33.5 Å². The molecule has 13 nitrogen and oxygen atoms in total. The lowest BCUT2D eigenvalue weighted by atomic mass is 9.97. The summed E-state index contributed by atoms with van der Waals surface area (Å²) in [5, 5.41) is 2.63. The molecule has 13 heteroatoms. The first-order valence-electron chi connectivity index (χ1n) is 13.9. The van der Waals surface area contributed by atoms with Gasteiger partial charge in [0.25, 0.3) is 11.8 Å². The summed E-state index contributed by atoms with van der Waals surface area (Å²) in [7, 11) is 1.58. The number of hydrogen-bond donors (Lipinski definition) is 5. The number of hydrogen-bond acceptors (Lipinski definition) is 9. The summed E-state index contributed by atoms with van der Waals surface area (Å²) < 4.78 is 14.6. The average molecular weight is 591 g/mol. The fourth-order valence-corrected chi connectivity index (χ4v) is 5.30. The average Bonchev–Trinajstić information content (AvgIpc) is 2.96. The number of carbonyl (C=O) groups excluding carboxylic acids is 2. The molecule has 1 aliphatic heterocycles. The van der Waals surface area contributed by atoms with Crippen LogP contribution in [0.15, 0.2) is 51.5 Å². The predicted octanol–water partition coefficient (Wildman–Crippen LogP) is 0.673. The number of methoxy groups -OCH3 is 1. The van der Waals surface area contributed by atoms with Crippen LogP contribution < -0.4 is 48.7 Å². The number of aryl methyl sites for hydroxylation is 4. The van der Waals surface area contributed by atoms with Crippen molar-refractivity contribution in [2.75, 3.05) is 20.3 Å². The maximum absolute atomic E-state index is 14.0. The van der Waals surface area contributed by atoms with E-state index in [1.807, 2.05) is 58.0 Å². The summed E-state index contributed by atoms with van der Waals surface area (Å²) in [4.78, 5) is 43.1. The Morgan fingerprint density at radius 1 is 1.05 bits per heavy atom. The third kappa shape index (κ3) is 6.26. The Balaban J connectivity index is 1.86.